The van der Waals surface area contributed by atoms with Gasteiger partial charge in [0.15, 0.2) is 0 Å². The molecule has 0 spiro atoms. The molecule has 4 rings (SSSR count). The van der Waals surface area contributed by atoms with Gasteiger partial charge in [-0.05, 0) is 73.9 Å². The average molecular weight is 596 g/mol. The van der Waals surface area contributed by atoms with Gasteiger partial charge in [-0.15, -0.1) is 0 Å². The number of amides is 1. The van der Waals surface area contributed by atoms with Crippen molar-refractivity contribution in [3.63, 3.8) is 0 Å². The molecule has 1 saturated heterocycles. The van der Waals surface area contributed by atoms with Crippen molar-refractivity contribution in [3.05, 3.63) is 69.7 Å². The van der Waals surface area contributed by atoms with Crippen molar-refractivity contribution in [3.8, 4) is 0 Å². The molecule has 2 fully saturated rings. The Morgan fingerprint density at radius 2 is 1.77 bits per heavy atom. The third-order valence-corrected chi connectivity index (χ3v) is 10.8. The summed E-state index contributed by atoms with van der Waals surface area (Å²) in [6.07, 6.45) is 2.13. The zero-order chi connectivity index (χ0) is 28.5. The van der Waals surface area contributed by atoms with Gasteiger partial charge in [0.2, 0.25) is 15.9 Å². The summed E-state index contributed by atoms with van der Waals surface area (Å²) in [5.74, 6) is -1.45. The number of aliphatic carboxylic acids is 1. The zero-order valence-electron chi connectivity index (χ0n) is 22.5. The van der Waals surface area contributed by atoms with Crippen molar-refractivity contribution in [2.45, 2.75) is 64.0 Å². The van der Waals surface area contributed by atoms with Crippen molar-refractivity contribution >= 4 is 45.1 Å². The Hall–Kier alpha value is -2.13. The van der Waals surface area contributed by atoms with Crippen LogP contribution in [0, 0.1) is 11.3 Å². The van der Waals surface area contributed by atoms with Crippen LogP contribution >= 0.6 is 23.2 Å². The molecule has 1 heterocycles. The monoisotopic (exact) mass is 594 g/mol. The van der Waals surface area contributed by atoms with Gasteiger partial charge in [0.25, 0.3) is 0 Å². The van der Waals surface area contributed by atoms with E-state index in [-0.39, 0.29) is 36.5 Å². The topological polar surface area (TPSA) is 95.0 Å². The first-order valence-electron chi connectivity index (χ1n) is 13.4. The van der Waals surface area contributed by atoms with Gasteiger partial charge in [-0.2, -0.15) is 0 Å². The van der Waals surface area contributed by atoms with Crippen molar-refractivity contribution in [1.82, 2.24) is 9.21 Å². The second kappa shape index (κ2) is 11.8. The van der Waals surface area contributed by atoms with E-state index in [2.05, 4.69) is 0 Å². The molecule has 1 saturated carbocycles. The molecule has 2 aromatic rings. The van der Waals surface area contributed by atoms with Crippen molar-refractivity contribution in [2.75, 3.05) is 19.3 Å². The summed E-state index contributed by atoms with van der Waals surface area (Å²) in [6, 6.07) is 14.0. The summed E-state index contributed by atoms with van der Waals surface area (Å²) in [6.45, 7) is 3.60. The molecule has 2 aromatic carbocycles. The highest BCUT2D eigenvalue weighted by Crippen LogP contribution is 2.55. The summed E-state index contributed by atoms with van der Waals surface area (Å²) < 4.78 is 26.9. The lowest BCUT2D eigenvalue weighted by Crippen LogP contribution is -2.59. The molecule has 4 atom stereocenters. The molecule has 2 aliphatic rings. The molecule has 1 aliphatic carbocycles. The first-order valence-corrected chi connectivity index (χ1v) is 15.8. The third-order valence-electron chi connectivity index (χ3n) is 8.44. The number of likely N-dealkylation sites (tertiary alicyclic amines) is 1. The maximum Gasteiger partial charge on any atom is 0.304 e. The predicted octanol–water partition coefficient (Wildman–Crippen LogP) is 5.98. The fraction of sp³-hybridized carbons (Fsp3) is 0.517. The minimum Gasteiger partial charge on any atom is -0.481 e. The van der Waals surface area contributed by atoms with Crippen LogP contribution in [0.5, 0.6) is 0 Å². The lowest BCUT2D eigenvalue weighted by atomic mass is 9.64. The van der Waals surface area contributed by atoms with Gasteiger partial charge in [-0.25, -0.2) is 12.7 Å². The van der Waals surface area contributed by atoms with E-state index in [1.165, 1.54) is 4.31 Å². The van der Waals surface area contributed by atoms with Gasteiger partial charge in [-0.3, -0.25) is 9.59 Å². The van der Waals surface area contributed by atoms with Crippen LogP contribution in [0.15, 0.2) is 48.5 Å². The normalized spacial score (nSPS) is 24.7. The summed E-state index contributed by atoms with van der Waals surface area (Å²) in [5.41, 5.74) is 0.633. The molecular weight excluding hydrogens is 559 g/mol. The molecular formula is C29H36Cl2N2O5S. The Bertz CT molecular complexity index is 1320. The Labute approximate surface area is 241 Å². The minimum absolute atomic E-state index is 0.0432. The number of rotatable bonds is 11. The van der Waals surface area contributed by atoms with Crippen LogP contribution in [0.4, 0.5) is 0 Å². The van der Waals surface area contributed by atoms with Crippen molar-refractivity contribution in [2.24, 2.45) is 11.3 Å². The van der Waals surface area contributed by atoms with Crippen LogP contribution < -0.4 is 0 Å². The van der Waals surface area contributed by atoms with E-state index in [0.717, 1.165) is 24.0 Å². The van der Waals surface area contributed by atoms with Crippen LogP contribution in [0.1, 0.15) is 69.0 Å². The van der Waals surface area contributed by atoms with Crippen LogP contribution in [-0.2, 0) is 19.6 Å². The molecule has 10 heteroatoms. The second-order valence-corrected chi connectivity index (χ2v) is 14.1. The summed E-state index contributed by atoms with van der Waals surface area (Å²) in [4.78, 5) is 28.6. The summed E-state index contributed by atoms with van der Waals surface area (Å²) in [7, 11) is -1.95. The number of likely N-dealkylation sites (N-methyl/N-ethyl adjacent to an activating group) is 1. The standard InChI is InChI=1S/C29H36Cl2N2O5S/c1-4-29(17-26(34)35)16-24(21-7-6-8-23(31)15-21)27(20-11-13-22(30)14-12-20)33(28(29)36)25(19-9-10-19)18-32(3)39(37,38)5-2/h6-8,11-15,19,24-25,27H,4-5,9-10,16-18H2,1-3H3,(H,34,35)/t24-,25-,27-,29-/m1/s1. The van der Waals surface area contributed by atoms with Gasteiger partial charge < -0.3 is 10.0 Å². The summed E-state index contributed by atoms with van der Waals surface area (Å²) >= 11 is 12.7. The van der Waals surface area contributed by atoms with E-state index >= 15 is 0 Å². The molecule has 0 aromatic heterocycles. The molecule has 212 valence electrons. The second-order valence-electron chi connectivity index (χ2n) is 10.9. The zero-order valence-corrected chi connectivity index (χ0v) is 24.8. The molecule has 0 unspecified atom stereocenters. The van der Waals surface area contributed by atoms with Gasteiger partial charge in [0.05, 0.1) is 23.6 Å². The van der Waals surface area contributed by atoms with Crippen LogP contribution in [-0.4, -0.2) is 60.0 Å². The number of hydrogen-bond donors (Lipinski definition) is 1. The lowest BCUT2D eigenvalue weighted by molar-refractivity contribution is -0.163. The van der Waals surface area contributed by atoms with E-state index in [1.807, 2.05) is 42.2 Å². The number of carbonyl (C=O) groups excluding carboxylic acids is 1. The Morgan fingerprint density at radius 1 is 1.10 bits per heavy atom. The van der Waals surface area contributed by atoms with Crippen molar-refractivity contribution < 1.29 is 23.1 Å². The first kappa shape index (κ1) is 29.8. The Morgan fingerprint density at radius 3 is 2.31 bits per heavy atom. The maximum atomic E-state index is 14.6. The quantitative estimate of drug-likeness (QED) is 0.345. The molecule has 0 radical (unpaired) electrons. The Balaban J connectivity index is 1.94. The SMILES string of the molecule is CC[C@]1(CC(=O)O)C[C@H](c2cccc(Cl)c2)[C@@H](c2ccc(Cl)cc2)N([C@H](CN(C)S(=O)(=O)CC)C2CC2)C1=O. The van der Waals surface area contributed by atoms with Gasteiger partial charge in [0, 0.05) is 35.6 Å². The minimum atomic E-state index is -3.50. The highest BCUT2D eigenvalue weighted by Gasteiger charge is 2.56. The van der Waals surface area contributed by atoms with Crippen LogP contribution in [0.3, 0.4) is 0 Å². The third kappa shape index (κ3) is 6.29. The van der Waals surface area contributed by atoms with E-state index in [9.17, 15) is 23.1 Å². The van der Waals surface area contributed by atoms with Gasteiger partial charge >= 0.3 is 5.97 Å². The first-order chi connectivity index (χ1) is 18.4. The van der Waals surface area contributed by atoms with E-state index in [0.29, 0.717) is 22.9 Å². The fourth-order valence-corrected chi connectivity index (χ4v) is 7.21. The van der Waals surface area contributed by atoms with Gasteiger partial charge in [-0.1, -0.05) is 54.4 Å². The number of carboxylic acids is 1. The number of benzene rings is 2. The van der Waals surface area contributed by atoms with E-state index < -0.39 is 33.5 Å². The van der Waals surface area contributed by atoms with Gasteiger partial charge in [0.1, 0.15) is 0 Å². The molecule has 1 amide bonds. The van der Waals surface area contributed by atoms with Crippen LogP contribution in [0.25, 0.3) is 0 Å². The summed E-state index contributed by atoms with van der Waals surface area (Å²) in [5, 5.41) is 11.0. The number of carbonyl (C=O) groups is 2. The number of hydrogen-bond acceptors (Lipinski definition) is 4. The van der Waals surface area contributed by atoms with E-state index in [1.54, 1.807) is 32.2 Å². The van der Waals surface area contributed by atoms with Crippen LogP contribution in [0.2, 0.25) is 10.0 Å². The maximum absolute atomic E-state index is 14.6. The average Bonchev–Trinajstić information content (AvgIpc) is 3.74. The largest absolute Gasteiger partial charge is 0.481 e. The number of carboxylic acid groups (broad SMARTS) is 1. The molecule has 0 bridgehead atoms. The molecule has 39 heavy (non-hydrogen) atoms. The smallest absolute Gasteiger partial charge is 0.304 e. The predicted molar refractivity (Wildman–Crippen MR) is 153 cm³/mol. The number of sulfonamides is 1. The Kier molecular flexibility index (Phi) is 9.01. The number of halogens is 2. The lowest BCUT2D eigenvalue weighted by Gasteiger charge is -2.53. The number of nitrogens with zero attached hydrogens (tertiary/aromatic N) is 2. The highest BCUT2D eigenvalue weighted by atomic mass is 35.5. The number of piperidine rings is 1. The molecule has 7 nitrogen and oxygen atoms in total. The fourth-order valence-electron chi connectivity index (χ4n) is 6.06. The molecule has 1 N–H and O–H groups in total. The highest BCUT2D eigenvalue weighted by molar-refractivity contribution is 7.89. The van der Waals surface area contributed by atoms with E-state index in [4.69, 9.17) is 23.2 Å². The van der Waals surface area contributed by atoms with Crippen molar-refractivity contribution in [1.29, 1.82) is 0 Å². The molecule has 1 aliphatic heterocycles.